The van der Waals surface area contributed by atoms with Crippen molar-refractivity contribution in [2.75, 3.05) is 0 Å². The Hall–Kier alpha value is -2.15. The van der Waals surface area contributed by atoms with Crippen LogP contribution in [0.1, 0.15) is 65.1 Å². The number of rotatable bonds is 8. The van der Waals surface area contributed by atoms with E-state index in [9.17, 15) is 4.79 Å². The summed E-state index contributed by atoms with van der Waals surface area (Å²) in [6.07, 6.45) is 4.43. The van der Waals surface area contributed by atoms with Gasteiger partial charge in [-0.1, -0.05) is 76.0 Å². The molecule has 0 fully saturated rings. The van der Waals surface area contributed by atoms with E-state index in [0.29, 0.717) is 34.6 Å². The first kappa shape index (κ1) is 20.6. The largest absolute Gasteiger partial charge is 0.339 e. The summed E-state index contributed by atoms with van der Waals surface area (Å²) in [5.74, 6) is 1.75. The zero-order chi connectivity index (χ0) is 20.1. The van der Waals surface area contributed by atoms with E-state index >= 15 is 0 Å². The topological polar surface area (TPSA) is 73.8 Å². The molecule has 0 atom stereocenters. The first-order valence-corrected chi connectivity index (χ1v) is 10.8. The van der Waals surface area contributed by atoms with E-state index in [2.05, 4.69) is 17.1 Å². The van der Waals surface area contributed by atoms with Crippen LogP contribution in [-0.2, 0) is 17.7 Å². The van der Waals surface area contributed by atoms with Gasteiger partial charge in [-0.15, -0.1) is 0 Å². The van der Waals surface area contributed by atoms with Gasteiger partial charge in [0.1, 0.15) is 0 Å². The third kappa shape index (κ3) is 4.82. The zero-order valence-corrected chi connectivity index (χ0v) is 17.9. The Morgan fingerprint density at radius 3 is 2.61 bits per heavy atom. The van der Waals surface area contributed by atoms with Gasteiger partial charge in [0.25, 0.3) is 5.56 Å². The summed E-state index contributed by atoms with van der Waals surface area (Å²) in [7, 11) is 0. The van der Waals surface area contributed by atoms with Crippen LogP contribution in [0.3, 0.4) is 0 Å². The summed E-state index contributed by atoms with van der Waals surface area (Å²) in [5, 5.41) is 5.45. The Labute approximate surface area is 169 Å². The summed E-state index contributed by atoms with van der Waals surface area (Å²) < 4.78 is 7.17. The summed E-state index contributed by atoms with van der Waals surface area (Å²) in [6, 6.07) is 7.52. The maximum atomic E-state index is 13.0. The second-order valence-corrected chi connectivity index (χ2v) is 8.93. The van der Waals surface area contributed by atoms with E-state index in [4.69, 9.17) is 9.51 Å². The minimum absolute atomic E-state index is 0.0214. The molecule has 0 unspecified atom stereocenters. The van der Waals surface area contributed by atoms with Crippen LogP contribution < -0.4 is 5.56 Å². The van der Waals surface area contributed by atoms with Crippen LogP contribution in [0.2, 0.25) is 0 Å². The molecule has 0 amide bonds. The van der Waals surface area contributed by atoms with Crippen LogP contribution >= 0.6 is 11.8 Å². The third-order valence-corrected chi connectivity index (χ3v) is 5.47. The number of fused-ring (bicyclic) bond motifs is 1. The lowest BCUT2D eigenvalue weighted by molar-refractivity contribution is 0.319. The van der Waals surface area contributed by atoms with Crippen molar-refractivity contribution in [3.05, 3.63) is 46.3 Å². The Kier molecular flexibility index (Phi) is 6.54. The number of aromatic nitrogens is 4. The van der Waals surface area contributed by atoms with Gasteiger partial charge in [0.05, 0.1) is 16.7 Å². The van der Waals surface area contributed by atoms with Crippen LogP contribution in [0.5, 0.6) is 0 Å². The van der Waals surface area contributed by atoms with Crippen molar-refractivity contribution in [3.8, 4) is 0 Å². The molecule has 6 nitrogen and oxygen atoms in total. The van der Waals surface area contributed by atoms with E-state index in [1.54, 1.807) is 4.57 Å². The fraction of sp³-hybridized carbons (Fsp3) is 0.524. The van der Waals surface area contributed by atoms with Gasteiger partial charge in [-0.25, -0.2) is 4.98 Å². The maximum absolute atomic E-state index is 13.0. The molecule has 150 valence electrons. The molecular weight excluding hydrogens is 372 g/mol. The van der Waals surface area contributed by atoms with Crippen molar-refractivity contribution in [1.29, 1.82) is 0 Å². The highest BCUT2D eigenvalue weighted by Gasteiger charge is 2.22. The molecule has 2 heterocycles. The number of benzene rings is 1. The fourth-order valence-electron chi connectivity index (χ4n) is 2.90. The highest BCUT2D eigenvalue weighted by molar-refractivity contribution is 7.98. The van der Waals surface area contributed by atoms with E-state index in [1.165, 1.54) is 24.6 Å². The Balaban J connectivity index is 1.85. The lowest BCUT2D eigenvalue weighted by Gasteiger charge is -2.12. The molecule has 0 aliphatic rings. The lowest BCUT2D eigenvalue weighted by Crippen LogP contribution is -2.23. The number of hydrogen-bond donors (Lipinski definition) is 0. The summed E-state index contributed by atoms with van der Waals surface area (Å²) >= 11 is 1.48. The van der Waals surface area contributed by atoms with Crippen LogP contribution in [0, 0.1) is 0 Å². The molecule has 2 aromatic heterocycles. The molecule has 0 aliphatic heterocycles. The molecule has 1 aromatic carbocycles. The van der Waals surface area contributed by atoms with Crippen LogP contribution in [-0.4, -0.2) is 19.7 Å². The van der Waals surface area contributed by atoms with Gasteiger partial charge in [0.15, 0.2) is 11.0 Å². The number of para-hydroxylation sites is 1. The fourth-order valence-corrected chi connectivity index (χ4v) is 3.77. The van der Waals surface area contributed by atoms with Crippen molar-refractivity contribution >= 4 is 22.7 Å². The Morgan fingerprint density at radius 1 is 1.11 bits per heavy atom. The molecule has 3 rings (SSSR count). The second kappa shape index (κ2) is 8.90. The van der Waals surface area contributed by atoms with E-state index in [0.717, 1.165) is 18.4 Å². The minimum atomic E-state index is -0.182. The standard InChI is InChI=1S/C21H28N4O2S/c1-5-6-7-10-13-25-18(26)15-11-8-9-12-16(15)22-20(25)28-14-17-23-19(27-24-17)21(2,3)4/h8-9,11-12H,5-7,10,13-14H2,1-4H3. The molecule has 0 N–H and O–H groups in total. The van der Waals surface area contributed by atoms with Gasteiger partial charge in [-0.3, -0.25) is 9.36 Å². The van der Waals surface area contributed by atoms with E-state index < -0.39 is 0 Å². The molecule has 28 heavy (non-hydrogen) atoms. The first-order valence-electron chi connectivity index (χ1n) is 9.85. The molecule has 0 bridgehead atoms. The van der Waals surface area contributed by atoms with Crippen LogP contribution in [0.25, 0.3) is 10.9 Å². The predicted octanol–water partition coefficient (Wildman–Crippen LogP) is 4.95. The van der Waals surface area contributed by atoms with Crippen molar-refractivity contribution in [1.82, 2.24) is 19.7 Å². The second-order valence-electron chi connectivity index (χ2n) is 7.98. The minimum Gasteiger partial charge on any atom is -0.339 e. The van der Waals surface area contributed by atoms with Gasteiger partial charge >= 0.3 is 0 Å². The molecule has 0 saturated carbocycles. The molecule has 7 heteroatoms. The summed E-state index contributed by atoms with van der Waals surface area (Å²) in [6.45, 7) is 8.98. The molecule has 0 radical (unpaired) electrons. The molecular formula is C21H28N4O2S. The number of thioether (sulfide) groups is 1. The van der Waals surface area contributed by atoms with Crippen molar-refractivity contribution in [3.63, 3.8) is 0 Å². The molecule has 3 aromatic rings. The first-order chi connectivity index (χ1) is 13.4. The SMILES string of the molecule is CCCCCCn1c(SCc2noc(C(C)(C)C)n2)nc2ccccc2c1=O. The van der Waals surface area contributed by atoms with Crippen molar-refractivity contribution in [2.24, 2.45) is 0 Å². The summed E-state index contributed by atoms with van der Waals surface area (Å²) in [5.41, 5.74) is 0.565. The van der Waals surface area contributed by atoms with Crippen LogP contribution in [0.15, 0.2) is 38.7 Å². The quantitative estimate of drug-likeness (QED) is 0.303. The highest BCUT2D eigenvalue weighted by atomic mass is 32.2. The molecule has 0 aliphatic carbocycles. The normalized spacial score (nSPS) is 12.0. The lowest BCUT2D eigenvalue weighted by atomic mass is 9.97. The highest BCUT2D eigenvalue weighted by Crippen LogP contribution is 2.24. The molecule has 0 saturated heterocycles. The van der Waals surface area contributed by atoms with E-state index in [-0.39, 0.29) is 11.0 Å². The average molecular weight is 401 g/mol. The zero-order valence-electron chi connectivity index (χ0n) is 17.1. The maximum Gasteiger partial charge on any atom is 0.262 e. The van der Waals surface area contributed by atoms with Gasteiger partial charge in [0.2, 0.25) is 5.89 Å². The van der Waals surface area contributed by atoms with Crippen molar-refractivity contribution in [2.45, 2.75) is 76.2 Å². The number of unbranched alkanes of at least 4 members (excludes halogenated alkanes) is 3. The van der Waals surface area contributed by atoms with Crippen molar-refractivity contribution < 1.29 is 4.52 Å². The van der Waals surface area contributed by atoms with Gasteiger partial charge in [-0.05, 0) is 18.6 Å². The summed E-state index contributed by atoms with van der Waals surface area (Å²) in [4.78, 5) is 22.2. The number of hydrogen-bond acceptors (Lipinski definition) is 6. The van der Waals surface area contributed by atoms with Crippen LogP contribution in [0.4, 0.5) is 0 Å². The van der Waals surface area contributed by atoms with Gasteiger partial charge in [-0.2, -0.15) is 4.98 Å². The Morgan fingerprint density at radius 2 is 1.89 bits per heavy atom. The van der Waals surface area contributed by atoms with Gasteiger partial charge < -0.3 is 4.52 Å². The smallest absolute Gasteiger partial charge is 0.262 e. The average Bonchev–Trinajstić information content (AvgIpc) is 3.15. The van der Waals surface area contributed by atoms with E-state index in [1.807, 2.05) is 45.0 Å². The monoisotopic (exact) mass is 400 g/mol. The van der Waals surface area contributed by atoms with Gasteiger partial charge in [0, 0.05) is 12.0 Å². The Bertz CT molecular complexity index is 988. The number of nitrogens with zero attached hydrogens (tertiary/aromatic N) is 4. The third-order valence-electron chi connectivity index (χ3n) is 4.50. The predicted molar refractivity (Wildman–Crippen MR) is 113 cm³/mol. The molecule has 0 spiro atoms.